The van der Waals surface area contributed by atoms with E-state index in [0.717, 1.165) is 22.4 Å². The first kappa shape index (κ1) is 29.4. The number of para-hydroxylation sites is 1. The highest BCUT2D eigenvalue weighted by Crippen LogP contribution is 2.36. The molecule has 1 aliphatic heterocycles. The molecule has 0 N–H and O–H groups in total. The molecule has 1 aliphatic rings. The molecule has 42 heavy (non-hydrogen) atoms. The second-order valence-electron chi connectivity index (χ2n) is 9.79. The fourth-order valence-electron chi connectivity index (χ4n) is 5.02. The summed E-state index contributed by atoms with van der Waals surface area (Å²) in [6.45, 7) is 7.24. The molecule has 3 aromatic carbocycles. The van der Waals surface area contributed by atoms with E-state index in [1.807, 2.05) is 99.6 Å². The van der Waals surface area contributed by atoms with Crippen LogP contribution in [0.2, 0.25) is 5.02 Å². The highest BCUT2D eigenvalue weighted by molar-refractivity contribution is 7.07. The molecule has 1 amide bonds. The van der Waals surface area contributed by atoms with E-state index in [-0.39, 0.29) is 11.5 Å². The summed E-state index contributed by atoms with van der Waals surface area (Å²) >= 11 is 7.27. The van der Waals surface area contributed by atoms with Crippen molar-refractivity contribution in [1.82, 2.24) is 9.47 Å². The van der Waals surface area contributed by atoms with Crippen LogP contribution < -0.4 is 24.4 Å². The minimum atomic E-state index is -0.670. The molecular weight excluding hydrogens is 570 g/mol. The molecular formula is C33H32ClN3O4S. The maximum Gasteiger partial charge on any atom is 0.271 e. The standard InChI is InChI=1S/C33H32ClN3O4S/c1-5-36(6-2)32(39)29-21(3)35-33-37(30(29)26-9-7-8-10-27(26)40-4)31(38)28(42-33)19-22-13-17-25(18-14-22)41-20-23-11-15-24(34)16-12-23/h7-19,30H,5-6,20H2,1-4H3/b28-19+/t30-/m0/s1. The molecule has 0 aliphatic carbocycles. The van der Waals surface area contributed by atoms with Crippen LogP contribution in [0.3, 0.4) is 0 Å². The van der Waals surface area contributed by atoms with Gasteiger partial charge in [-0.3, -0.25) is 14.2 Å². The van der Waals surface area contributed by atoms with Gasteiger partial charge in [-0.25, -0.2) is 4.99 Å². The lowest BCUT2D eigenvalue weighted by Gasteiger charge is -2.29. The molecule has 0 radical (unpaired) electrons. The van der Waals surface area contributed by atoms with E-state index in [0.29, 0.717) is 51.1 Å². The lowest BCUT2D eigenvalue weighted by molar-refractivity contribution is -0.127. The third kappa shape index (κ3) is 5.91. The smallest absolute Gasteiger partial charge is 0.271 e. The van der Waals surface area contributed by atoms with E-state index in [9.17, 15) is 9.59 Å². The van der Waals surface area contributed by atoms with Crippen molar-refractivity contribution in [3.05, 3.63) is 125 Å². The highest BCUT2D eigenvalue weighted by Gasteiger charge is 2.35. The fourth-order valence-corrected chi connectivity index (χ4v) is 6.19. The first-order valence-electron chi connectivity index (χ1n) is 13.8. The van der Waals surface area contributed by atoms with Gasteiger partial charge in [-0.1, -0.05) is 65.4 Å². The second kappa shape index (κ2) is 12.8. The number of likely N-dealkylation sites (N-methyl/N-ethyl adjacent to an activating group) is 1. The number of methoxy groups -OCH3 is 1. The number of nitrogens with zero attached hydrogens (tertiary/aromatic N) is 3. The molecule has 2 heterocycles. The van der Waals surface area contributed by atoms with Gasteiger partial charge < -0.3 is 14.4 Å². The van der Waals surface area contributed by atoms with E-state index in [1.54, 1.807) is 16.6 Å². The first-order chi connectivity index (χ1) is 20.3. The van der Waals surface area contributed by atoms with Crippen molar-refractivity contribution in [1.29, 1.82) is 0 Å². The number of thiazole rings is 1. The molecule has 9 heteroatoms. The minimum Gasteiger partial charge on any atom is -0.496 e. The number of hydrogen-bond acceptors (Lipinski definition) is 6. The first-order valence-corrected chi connectivity index (χ1v) is 15.0. The summed E-state index contributed by atoms with van der Waals surface area (Å²) in [7, 11) is 1.59. The zero-order chi connectivity index (χ0) is 29.8. The monoisotopic (exact) mass is 601 g/mol. The van der Waals surface area contributed by atoms with Crippen LogP contribution in [-0.2, 0) is 11.4 Å². The Kier molecular flexibility index (Phi) is 8.94. The maximum atomic E-state index is 14.0. The van der Waals surface area contributed by atoms with E-state index in [2.05, 4.69) is 0 Å². The third-order valence-electron chi connectivity index (χ3n) is 7.23. The number of carbonyl (C=O) groups excluding carboxylic acids is 1. The van der Waals surface area contributed by atoms with Gasteiger partial charge in [0.1, 0.15) is 24.1 Å². The predicted octanol–water partition coefficient (Wildman–Crippen LogP) is 5.34. The van der Waals surface area contributed by atoms with Gasteiger partial charge in [0.25, 0.3) is 11.5 Å². The lowest BCUT2D eigenvalue weighted by atomic mass is 9.94. The summed E-state index contributed by atoms with van der Waals surface area (Å²) in [6, 6.07) is 21.9. The molecule has 216 valence electrons. The number of aromatic nitrogens is 1. The topological polar surface area (TPSA) is 73.1 Å². The van der Waals surface area contributed by atoms with Gasteiger partial charge in [0.15, 0.2) is 4.80 Å². The summed E-state index contributed by atoms with van der Waals surface area (Å²) in [5, 5.41) is 0.685. The average molecular weight is 602 g/mol. The molecule has 1 atom stereocenters. The Bertz CT molecular complexity index is 1800. The summed E-state index contributed by atoms with van der Waals surface area (Å²) in [4.78, 5) is 34.8. The number of carbonyl (C=O) groups is 1. The number of rotatable bonds is 9. The number of allylic oxidation sites excluding steroid dienone is 1. The van der Waals surface area contributed by atoms with Gasteiger partial charge in [-0.05, 0) is 68.3 Å². The van der Waals surface area contributed by atoms with Gasteiger partial charge in [-0.15, -0.1) is 0 Å². The Morgan fingerprint density at radius 2 is 1.74 bits per heavy atom. The van der Waals surface area contributed by atoms with Crippen molar-refractivity contribution in [3.8, 4) is 11.5 Å². The van der Waals surface area contributed by atoms with Crippen molar-refractivity contribution >= 4 is 34.9 Å². The van der Waals surface area contributed by atoms with Gasteiger partial charge >= 0.3 is 0 Å². The van der Waals surface area contributed by atoms with Crippen LogP contribution in [-0.4, -0.2) is 35.6 Å². The van der Waals surface area contributed by atoms with Crippen LogP contribution in [0.1, 0.15) is 43.5 Å². The lowest BCUT2D eigenvalue weighted by Crippen LogP contribution is -2.43. The normalized spacial score (nSPS) is 14.8. The van der Waals surface area contributed by atoms with Crippen LogP contribution in [0.4, 0.5) is 0 Å². The Labute approximate surface area is 253 Å². The van der Waals surface area contributed by atoms with Gasteiger partial charge in [0.2, 0.25) is 0 Å². The molecule has 0 bridgehead atoms. The number of amides is 1. The fraction of sp³-hybridized carbons (Fsp3) is 0.242. The largest absolute Gasteiger partial charge is 0.496 e. The van der Waals surface area contributed by atoms with Crippen molar-refractivity contribution < 1.29 is 14.3 Å². The van der Waals surface area contributed by atoms with E-state index in [1.165, 1.54) is 11.3 Å². The summed E-state index contributed by atoms with van der Waals surface area (Å²) in [5.41, 5.74) is 3.46. The molecule has 0 saturated carbocycles. The van der Waals surface area contributed by atoms with Crippen LogP contribution in [0.15, 0.2) is 93.9 Å². The summed E-state index contributed by atoms with van der Waals surface area (Å²) in [5.74, 6) is 1.18. The van der Waals surface area contributed by atoms with E-state index in [4.69, 9.17) is 26.1 Å². The molecule has 5 rings (SSSR count). The Balaban J connectivity index is 1.53. The van der Waals surface area contributed by atoms with Gasteiger partial charge in [0, 0.05) is 23.7 Å². The zero-order valence-electron chi connectivity index (χ0n) is 24.0. The number of benzene rings is 3. The minimum absolute atomic E-state index is 0.138. The second-order valence-corrected chi connectivity index (χ2v) is 11.2. The SMILES string of the molecule is CCN(CC)C(=O)C1=C(C)N=c2s/c(=C/c3ccc(OCc4ccc(Cl)cc4)cc3)c(=O)n2[C@H]1c1ccccc1OC. The Morgan fingerprint density at radius 1 is 1.05 bits per heavy atom. The molecule has 4 aromatic rings. The number of halogens is 1. The van der Waals surface area contributed by atoms with Crippen molar-refractivity contribution in [3.63, 3.8) is 0 Å². The molecule has 7 nitrogen and oxygen atoms in total. The van der Waals surface area contributed by atoms with Crippen molar-refractivity contribution in [2.45, 2.75) is 33.4 Å². The van der Waals surface area contributed by atoms with Crippen LogP contribution in [0.25, 0.3) is 6.08 Å². The number of ether oxygens (including phenoxy) is 2. The van der Waals surface area contributed by atoms with Crippen LogP contribution in [0, 0.1) is 0 Å². The van der Waals surface area contributed by atoms with Crippen molar-refractivity contribution in [2.75, 3.05) is 20.2 Å². The predicted molar refractivity (Wildman–Crippen MR) is 167 cm³/mol. The summed E-state index contributed by atoms with van der Waals surface area (Å²) in [6.07, 6.45) is 1.84. The van der Waals surface area contributed by atoms with Crippen LogP contribution in [0.5, 0.6) is 11.5 Å². The Hall–Kier alpha value is -4.14. The number of hydrogen-bond donors (Lipinski definition) is 0. The van der Waals surface area contributed by atoms with Crippen molar-refractivity contribution in [2.24, 2.45) is 4.99 Å². The van der Waals surface area contributed by atoms with E-state index < -0.39 is 6.04 Å². The molecule has 0 unspecified atom stereocenters. The zero-order valence-corrected chi connectivity index (χ0v) is 25.5. The third-order valence-corrected chi connectivity index (χ3v) is 8.47. The maximum absolute atomic E-state index is 14.0. The summed E-state index contributed by atoms with van der Waals surface area (Å²) < 4.78 is 13.7. The average Bonchev–Trinajstić information content (AvgIpc) is 3.31. The highest BCUT2D eigenvalue weighted by atomic mass is 35.5. The number of fused-ring (bicyclic) bond motifs is 1. The molecule has 1 aromatic heterocycles. The van der Waals surface area contributed by atoms with Crippen LogP contribution >= 0.6 is 22.9 Å². The molecule has 0 fully saturated rings. The quantitative estimate of drug-likeness (QED) is 0.259. The van der Waals surface area contributed by atoms with E-state index >= 15 is 0 Å². The Morgan fingerprint density at radius 3 is 2.40 bits per heavy atom. The van der Waals surface area contributed by atoms with Gasteiger partial charge in [0.05, 0.1) is 22.9 Å². The van der Waals surface area contributed by atoms with Gasteiger partial charge in [-0.2, -0.15) is 0 Å². The molecule has 0 spiro atoms. The molecule has 0 saturated heterocycles.